The summed E-state index contributed by atoms with van der Waals surface area (Å²) >= 11 is 0. The fourth-order valence-electron chi connectivity index (χ4n) is 1.71. The van der Waals surface area contributed by atoms with Gasteiger partial charge in [-0.3, -0.25) is 4.21 Å². The van der Waals surface area contributed by atoms with Crippen molar-refractivity contribution in [2.75, 3.05) is 12.8 Å². The Kier molecular flexibility index (Phi) is 5.71. The highest BCUT2D eigenvalue weighted by atomic mass is 32.2. The van der Waals surface area contributed by atoms with E-state index in [1.165, 1.54) is 5.56 Å². The van der Waals surface area contributed by atoms with E-state index in [1.807, 2.05) is 25.1 Å². The molecule has 2 nitrogen and oxygen atoms in total. The van der Waals surface area contributed by atoms with E-state index in [-0.39, 0.29) is 11.3 Å². The fraction of sp³-hybridized carbons (Fsp3) is 0.538. The van der Waals surface area contributed by atoms with Gasteiger partial charge in [-0.25, -0.2) is 0 Å². The SMILES string of the molecule is CCCNC(c1ccccc1)C(C)S(C)=O. The summed E-state index contributed by atoms with van der Waals surface area (Å²) in [6.07, 6.45) is 2.86. The molecule has 0 aliphatic carbocycles. The molecule has 0 heterocycles. The van der Waals surface area contributed by atoms with E-state index in [0.717, 1.165) is 13.0 Å². The molecule has 3 unspecified atom stereocenters. The summed E-state index contributed by atoms with van der Waals surface area (Å²) in [4.78, 5) is 0. The molecular formula is C13H21NOS. The molecule has 16 heavy (non-hydrogen) atoms. The summed E-state index contributed by atoms with van der Waals surface area (Å²) in [7, 11) is -0.807. The lowest BCUT2D eigenvalue weighted by molar-refractivity contribution is 0.519. The van der Waals surface area contributed by atoms with Crippen molar-refractivity contribution in [3.05, 3.63) is 35.9 Å². The van der Waals surface area contributed by atoms with Gasteiger partial charge in [0.15, 0.2) is 0 Å². The van der Waals surface area contributed by atoms with E-state index in [9.17, 15) is 4.21 Å². The average Bonchev–Trinajstić information content (AvgIpc) is 2.30. The second-order valence-corrected chi connectivity index (χ2v) is 5.79. The minimum atomic E-state index is -0.807. The number of rotatable bonds is 6. The van der Waals surface area contributed by atoms with Gasteiger partial charge in [-0.1, -0.05) is 37.3 Å². The zero-order valence-electron chi connectivity index (χ0n) is 10.3. The Hall–Kier alpha value is -0.670. The van der Waals surface area contributed by atoms with Gasteiger partial charge in [0.2, 0.25) is 0 Å². The highest BCUT2D eigenvalue weighted by Gasteiger charge is 2.20. The van der Waals surface area contributed by atoms with Crippen LogP contribution in [0.4, 0.5) is 0 Å². The molecule has 1 aromatic rings. The van der Waals surface area contributed by atoms with Gasteiger partial charge < -0.3 is 5.32 Å². The van der Waals surface area contributed by atoms with Gasteiger partial charge in [0.1, 0.15) is 0 Å². The Balaban J connectivity index is 2.83. The van der Waals surface area contributed by atoms with Crippen LogP contribution >= 0.6 is 0 Å². The summed E-state index contributed by atoms with van der Waals surface area (Å²) < 4.78 is 11.6. The van der Waals surface area contributed by atoms with Crippen LogP contribution in [0.3, 0.4) is 0 Å². The van der Waals surface area contributed by atoms with Crippen molar-refractivity contribution in [3.63, 3.8) is 0 Å². The molecule has 0 spiro atoms. The van der Waals surface area contributed by atoms with Crippen LogP contribution in [0.5, 0.6) is 0 Å². The molecule has 0 saturated carbocycles. The topological polar surface area (TPSA) is 29.1 Å². The van der Waals surface area contributed by atoms with E-state index in [0.29, 0.717) is 0 Å². The summed E-state index contributed by atoms with van der Waals surface area (Å²) in [6, 6.07) is 10.4. The maximum Gasteiger partial charge on any atom is 0.0511 e. The van der Waals surface area contributed by atoms with Crippen LogP contribution in [0.1, 0.15) is 31.9 Å². The van der Waals surface area contributed by atoms with Crippen LogP contribution in [-0.4, -0.2) is 22.3 Å². The maximum absolute atomic E-state index is 11.6. The van der Waals surface area contributed by atoms with Gasteiger partial charge >= 0.3 is 0 Å². The smallest absolute Gasteiger partial charge is 0.0511 e. The maximum atomic E-state index is 11.6. The molecule has 1 aromatic carbocycles. The summed E-state index contributed by atoms with van der Waals surface area (Å²) in [5, 5.41) is 3.61. The third kappa shape index (κ3) is 3.72. The van der Waals surface area contributed by atoms with Crippen LogP contribution in [-0.2, 0) is 10.8 Å². The monoisotopic (exact) mass is 239 g/mol. The van der Waals surface area contributed by atoms with Crippen molar-refractivity contribution in [3.8, 4) is 0 Å². The van der Waals surface area contributed by atoms with Crippen LogP contribution in [0.2, 0.25) is 0 Å². The molecule has 3 heteroatoms. The molecule has 0 amide bonds. The molecule has 0 radical (unpaired) electrons. The molecule has 0 bridgehead atoms. The van der Waals surface area contributed by atoms with Crippen LogP contribution in [0, 0.1) is 0 Å². The van der Waals surface area contributed by atoms with Crippen molar-refractivity contribution >= 4 is 10.8 Å². The standard InChI is InChI=1S/C13H21NOS/c1-4-10-14-13(11(2)16(3)15)12-8-6-5-7-9-12/h5-9,11,13-14H,4,10H2,1-3H3. The normalized spacial score (nSPS) is 16.7. The van der Waals surface area contributed by atoms with Crippen molar-refractivity contribution in [1.29, 1.82) is 0 Å². The molecule has 0 fully saturated rings. The van der Waals surface area contributed by atoms with Crippen molar-refractivity contribution in [2.24, 2.45) is 0 Å². The largest absolute Gasteiger partial charge is 0.309 e. The second-order valence-electron chi connectivity index (χ2n) is 4.05. The van der Waals surface area contributed by atoms with Crippen LogP contribution in [0.15, 0.2) is 30.3 Å². The van der Waals surface area contributed by atoms with Crippen molar-refractivity contribution < 1.29 is 4.21 Å². The minimum Gasteiger partial charge on any atom is -0.309 e. The molecule has 1 N–H and O–H groups in total. The van der Waals surface area contributed by atoms with Gasteiger partial charge in [0, 0.05) is 23.1 Å². The zero-order valence-corrected chi connectivity index (χ0v) is 11.1. The lowest BCUT2D eigenvalue weighted by atomic mass is 10.0. The Labute approximate surface area is 101 Å². The third-order valence-corrected chi connectivity index (χ3v) is 4.09. The molecule has 90 valence electrons. The van der Waals surface area contributed by atoms with Crippen molar-refractivity contribution in [1.82, 2.24) is 5.32 Å². The lowest BCUT2D eigenvalue weighted by Gasteiger charge is -2.24. The first kappa shape index (κ1) is 13.4. The number of hydrogen-bond donors (Lipinski definition) is 1. The first-order valence-corrected chi connectivity index (χ1v) is 7.39. The first-order chi connectivity index (χ1) is 7.66. The van der Waals surface area contributed by atoms with Crippen LogP contribution in [0.25, 0.3) is 0 Å². The quantitative estimate of drug-likeness (QED) is 0.826. The van der Waals surface area contributed by atoms with E-state index < -0.39 is 10.8 Å². The number of nitrogens with one attached hydrogen (secondary N) is 1. The van der Waals surface area contributed by atoms with Gasteiger partial charge in [0.05, 0.1) is 5.25 Å². The Bertz CT molecular complexity index is 326. The predicted molar refractivity (Wildman–Crippen MR) is 71.0 cm³/mol. The van der Waals surface area contributed by atoms with Gasteiger partial charge in [0.25, 0.3) is 0 Å². The number of hydrogen-bond acceptors (Lipinski definition) is 2. The zero-order chi connectivity index (χ0) is 12.0. The minimum absolute atomic E-state index is 0.133. The molecule has 1 rings (SSSR count). The Morgan fingerprint density at radius 1 is 1.31 bits per heavy atom. The fourth-order valence-corrected chi connectivity index (χ4v) is 2.34. The molecule has 0 aromatic heterocycles. The average molecular weight is 239 g/mol. The molecule has 3 atom stereocenters. The predicted octanol–water partition coefficient (Wildman–Crippen LogP) is 2.49. The summed E-state index contributed by atoms with van der Waals surface area (Å²) in [6.45, 7) is 5.14. The van der Waals surface area contributed by atoms with E-state index >= 15 is 0 Å². The molecule has 0 saturated heterocycles. The molecule has 0 aliphatic heterocycles. The van der Waals surface area contributed by atoms with E-state index in [2.05, 4.69) is 24.4 Å². The summed E-state index contributed by atoms with van der Waals surface area (Å²) in [5.74, 6) is 0. The lowest BCUT2D eigenvalue weighted by Crippen LogP contribution is -2.33. The summed E-state index contributed by atoms with van der Waals surface area (Å²) in [5.41, 5.74) is 1.22. The Morgan fingerprint density at radius 2 is 1.94 bits per heavy atom. The highest BCUT2D eigenvalue weighted by Crippen LogP contribution is 2.19. The van der Waals surface area contributed by atoms with Crippen molar-refractivity contribution in [2.45, 2.75) is 31.6 Å². The second kappa shape index (κ2) is 6.81. The molecule has 0 aliphatic rings. The third-order valence-electron chi connectivity index (χ3n) is 2.77. The van der Waals surface area contributed by atoms with Gasteiger partial charge in [-0.15, -0.1) is 0 Å². The van der Waals surface area contributed by atoms with E-state index in [1.54, 1.807) is 6.26 Å². The highest BCUT2D eigenvalue weighted by molar-refractivity contribution is 7.84. The first-order valence-electron chi connectivity index (χ1n) is 5.77. The van der Waals surface area contributed by atoms with Gasteiger partial charge in [-0.05, 0) is 25.5 Å². The number of benzene rings is 1. The molecular weight excluding hydrogens is 218 g/mol. The van der Waals surface area contributed by atoms with Gasteiger partial charge in [-0.2, -0.15) is 0 Å². The Morgan fingerprint density at radius 3 is 2.44 bits per heavy atom. The van der Waals surface area contributed by atoms with E-state index in [4.69, 9.17) is 0 Å². The van der Waals surface area contributed by atoms with Crippen LogP contribution < -0.4 is 5.32 Å².